The molecule has 12 rings (SSSR count). The van der Waals surface area contributed by atoms with E-state index in [9.17, 15) is 14.7 Å². The van der Waals surface area contributed by atoms with Crippen molar-refractivity contribution in [3.8, 4) is 62.2 Å². The Hall–Kier alpha value is -9.41. The van der Waals surface area contributed by atoms with E-state index in [4.69, 9.17) is 19.7 Å². The van der Waals surface area contributed by atoms with Crippen molar-refractivity contribution in [3.05, 3.63) is 224 Å². The van der Waals surface area contributed by atoms with Crippen molar-refractivity contribution in [2.75, 3.05) is 9.80 Å². The largest absolute Gasteiger partial charge is 0.478 e. The highest BCUT2D eigenvalue weighted by atomic mass is 16.5. The molecule has 0 bridgehead atoms. The van der Waals surface area contributed by atoms with Crippen LogP contribution in [0.25, 0.3) is 56.4 Å². The van der Waals surface area contributed by atoms with Crippen LogP contribution in [-0.4, -0.2) is 39.2 Å². The molecule has 10 aromatic rings. The average molecular weight is 892 g/mol. The van der Waals surface area contributed by atoms with Gasteiger partial charge in [0.2, 0.25) is 0 Å². The smallest absolute Gasteiger partial charge is 0.335 e. The van der Waals surface area contributed by atoms with Gasteiger partial charge in [-0.15, -0.1) is 0 Å². The maximum Gasteiger partial charge on any atom is 0.335 e. The van der Waals surface area contributed by atoms with Crippen LogP contribution in [0, 0.1) is 0 Å². The second-order valence-corrected chi connectivity index (χ2v) is 16.9. The van der Waals surface area contributed by atoms with Gasteiger partial charge in [-0.2, -0.15) is 0 Å². The van der Waals surface area contributed by atoms with Crippen molar-refractivity contribution >= 4 is 69.7 Å². The third-order valence-electron chi connectivity index (χ3n) is 12.9. The number of carbonyl (C=O) groups is 2. The molecule has 9 aromatic carbocycles. The van der Waals surface area contributed by atoms with Gasteiger partial charge in [0.25, 0.3) is 13.2 Å². The molecule has 0 radical (unpaired) electrons. The van der Waals surface area contributed by atoms with E-state index < -0.39 is 5.97 Å². The molecular weight excluding hydrogens is 853 g/mol. The predicted octanol–water partition coefficient (Wildman–Crippen LogP) is 11.5. The van der Waals surface area contributed by atoms with Crippen LogP contribution in [0.4, 0.5) is 34.1 Å². The van der Waals surface area contributed by atoms with Crippen molar-refractivity contribution in [2.45, 2.75) is 0 Å². The van der Waals surface area contributed by atoms with E-state index in [1.165, 1.54) is 0 Å². The van der Waals surface area contributed by atoms with Crippen LogP contribution in [0.5, 0.6) is 5.75 Å². The van der Waals surface area contributed by atoms with E-state index in [-0.39, 0.29) is 12.3 Å². The number of nitrogens with zero attached hydrogens (tertiary/aromatic N) is 5. The van der Waals surface area contributed by atoms with E-state index in [2.05, 4.69) is 107 Å². The van der Waals surface area contributed by atoms with Gasteiger partial charge in [-0.1, -0.05) is 146 Å². The first kappa shape index (κ1) is 41.1. The molecule has 0 saturated heterocycles. The van der Waals surface area contributed by atoms with Crippen LogP contribution in [0.2, 0.25) is 0 Å². The zero-order valence-electron chi connectivity index (χ0n) is 36.8. The third kappa shape index (κ3) is 7.37. The summed E-state index contributed by atoms with van der Waals surface area (Å²) in [5.41, 5.74) is 15.8. The summed E-state index contributed by atoms with van der Waals surface area (Å²) in [6.07, 6.45) is 0. The topological polar surface area (TPSA) is 109 Å². The molecule has 0 amide bonds. The van der Waals surface area contributed by atoms with Gasteiger partial charge < -0.3 is 19.6 Å². The van der Waals surface area contributed by atoms with Gasteiger partial charge >= 0.3 is 5.97 Å². The van der Waals surface area contributed by atoms with Crippen LogP contribution in [0.15, 0.2) is 218 Å². The number of aromatic nitrogens is 3. The molecule has 2 aliphatic heterocycles. The van der Waals surface area contributed by atoms with Crippen LogP contribution < -0.4 is 30.9 Å². The zero-order valence-corrected chi connectivity index (χ0v) is 36.8. The summed E-state index contributed by atoms with van der Waals surface area (Å²) in [6, 6.07) is 73.1. The molecule has 2 aliphatic rings. The molecule has 9 nitrogen and oxygen atoms in total. The van der Waals surface area contributed by atoms with E-state index in [0.717, 1.165) is 89.5 Å². The third-order valence-corrected chi connectivity index (χ3v) is 12.9. The number of carboxylic acids is 1. The van der Waals surface area contributed by atoms with Crippen molar-refractivity contribution in [1.82, 2.24) is 15.0 Å². The van der Waals surface area contributed by atoms with Gasteiger partial charge in [-0.25, -0.2) is 19.7 Å². The fourth-order valence-corrected chi connectivity index (χ4v) is 9.71. The lowest BCUT2D eigenvalue weighted by Gasteiger charge is -2.44. The Kier molecular flexibility index (Phi) is 10.2. The monoisotopic (exact) mass is 891 g/mol. The minimum Gasteiger partial charge on any atom is -0.478 e. The Balaban J connectivity index is 1.16. The summed E-state index contributed by atoms with van der Waals surface area (Å²) in [6.45, 7) is 0.222. The number of benzene rings is 9. The summed E-state index contributed by atoms with van der Waals surface area (Å²) in [7, 11) is 0. The fraction of sp³-hybridized carbons (Fsp3) is 0. The lowest BCUT2D eigenvalue weighted by atomic mass is 9.33. The molecule has 0 atom stereocenters. The van der Waals surface area contributed by atoms with Crippen molar-refractivity contribution in [3.63, 3.8) is 0 Å². The molecular formula is C59H38BN5O4. The molecule has 0 fully saturated rings. The normalized spacial score (nSPS) is 12.1. The van der Waals surface area contributed by atoms with Gasteiger partial charge in [0.05, 0.1) is 5.56 Å². The Morgan fingerprint density at radius 2 is 0.826 bits per heavy atom. The van der Waals surface area contributed by atoms with Gasteiger partial charge in [0.15, 0.2) is 17.5 Å². The van der Waals surface area contributed by atoms with Gasteiger partial charge in [-0.3, -0.25) is 4.79 Å². The van der Waals surface area contributed by atoms with Crippen LogP contribution >= 0.6 is 0 Å². The number of rotatable bonds is 10. The fourth-order valence-electron chi connectivity index (χ4n) is 9.71. The van der Waals surface area contributed by atoms with E-state index in [1.54, 1.807) is 24.3 Å². The molecule has 1 aromatic heterocycles. The number of carbonyl (C=O) groups excluding carboxylic acids is 1. The van der Waals surface area contributed by atoms with E-state index in [0.29, 0.717) is 29.7 Å². The molecule has 69 heavy (non-hydrogen) atoms. The zero-order chi connectivity index (χ0) is 46.4. The lowest BCUT2D eigenvalue weighted by molar-refractivity contribution is -0.120. The number of fused-ring (bicyclic) bond motifs is 4. The Morgan fingerprint density at radius 3 is 1.26 bits per heavy atom. The number of ether oxygens (including phenoxy) is 1. The standard InChI is InChI=1S/C59H38BN5O4/c66-37-69-48-29-25-39(26-30-48)44-28-32-50-52(34-44)65(47-19-11-4-12-20-47)54-36-45(58-62-56(40-13-5-1-6-14-40)61-57(63-58)41-15-7-2-8-16-41)35-53-55(54)60(50)49-31-27-43(38-21-23-42(24-22-38)59(67)68)33-51(49)64(53)46-17-9-3-10-18-46/h1-37H,(H,67,68). The number of hydrogen-bond acceptors (Lipinski definition) is 8. The molecule has 0 unspecified atom stereocenters. The summed E-state index contributed by atoms with van der Waals surface area (Å²) < 4.78 is 5.15. The van der Waals surface area contributed by atoms with Crippen LogP contribution in [0.3, 0.4) is 0 Å². The highest BCUT2D eigenvalue weighted by Gasteiger charge is 2.44. The number of carboxylic acid groups (broad SMARTS) is 1. The van der Waals surface area contributed by atoms with Gasteiger partial charge in [0.1, 0.15) is 5.75 Å². The highest BCUT2D eigenvalue weighted by Crippen LogP contribution is 2.47. The van der Waals surface area contributed by atoms with Gasteiger partial charge in [-0.05, 0) is 111 Å². The molecule has 1 N–H and O–H groups in total. The first-order valence-electron chi connectivity index (χ1n) is 22.6. The highest BCUT2D eigenvalue weighted by molar-refractivity contribution is 7.00. The molecule has 10 heteroatoms. The number of anilines is 6. The Bertz CT molecular complexity index is 3520. The summed E-state index contributed by atoms with van der Waals surface area (Å²) in [5.74, 6) is 1.14. The summed E-state index contributed by atoms with van der Waals surface area (Å²) in [4.78, 5) is 43.3. The van der Waals surface area contributed by atoms with Crippen molar-refractivity contribution < 1.29 is 19.4 Å². The van der Waals surface area contributed by atoms with Crippen molar-refractivity contribution in [1.29, 1.82) is 0 Å². The average Bonchev–Trinajstić information content (AvgIpc) is 3.41. The molecule has 3 heterocycles. The minimum atomic E-state index is -0.969. The summed E-state index contributed by atoms with van der Waals surface area (Å²) in [5, 5.41) is 9.74. The second kappa shape index (κ2) is 17.1. The maximum atomic E-state index is 11.9. The summed E-state index contributed by atoms with van der Waals surface area (Å²) >= 11 is 0. The van der Waals surface area contributed by atoms with E-state index in [1.807, 2.05) is 97.1 Å². The number of para-hydroxylation sites is 2. The number of aromatic carboxylic acids is 1. The first-order valence-corrected chi connectivity index (χ1v) is 22.6. The molecule has 0 aliphatic carbocycles. The van der Waals surface area contributed by atoms with Crippen LogP contribution in [-0.2, 0) is 4.79 Å². The van der Waals surface area contributed by atoms with Crippen molar-refractivity contribution in [2.24, 2.45) is 0 Å². The SMILES string of the molecule is O=COc1ccc(-c2ccc3c(c2)N(c2ccccc2)c2cc(-c4nc(-c5ccccc5)nc(-c5ccccc5)n4)cc4c2B3c2ccc(-c3ccc(C(=O)O)cc3)cc2N4c2ccccc2)cc1. The molecule has 0 saturated carbocycles. The molecule has 326 valence electrons. The second-order valence-electron chi connectivity index (χ2n) is 16.9. The molecule has 0 spiro atoms. The number of hydrogen-bond donors (Lipinski definition) is 1. The first-order chi connectivity index (χ1) is 34.0. The predicted molar refractivity (Wildman–Crippen MR) is 275 cm³/mol. The Morgan fingerprint density at radius 1 is 0.435 bits per heavy atom. The van der Waals surface area contributed by atoms with Gasteiger partial charge in [0, 0.05) is 50.8 Å². The Labute approximate surface area is 398 Å². The van der Waals surface area contributed by atoms with E-state index >= 15 is 0 Å². The lowest BCUT2D eigenvalue weighted by Crippen LogP contribution is -2.61. The minimum absolute atomic E-state index is 0.215. The maximum absolute atomic E-state index is 11.9. The van der Waals surface area contributed by atoms with Crippen LogP contribution in [0.1, 0.15) is 10.4 Å². The quantitative estimate of drug-likeness (QED) is 0.106.